The van der Waals surface area contributed by atoms with E-state index in [1.807, 2.05) is 36.1 Å². The first-order valence-corrected chi connectivity index (χ1v) is 7.87. The molecule has 0 aliphatic heterocycles. The molecule has 2 aromatic rings. The molecule has 4 heteroatoms. The Balaban J connectivity index is 1.87. The third-order valence-corrected chi connectivity index (χ3v) is 4.64. The first-order valence-electron chi connectivity index (χ1n) is 7.87. The van der Waals surface area contributed by atoms with E-state index in [-0.39, 0.29) is 0 Å². The molecule has 2 aromatic heterocycles. The molecular weight excluding hydrogens is 260 g/mol. The van der Waals surface area contributed by atoms with Crippen LogP contribution in [-0.2, 0) is 0 Å². The molecule has 0 spiro atoms. The molecule has 1 N–H and O–H groups in total. The first kappa shape index (κ1) is 14.1. The highest BCUT2D eigenvalue weighted by Gasteiger charge is 2.26. The van der Waals surface area contributed by atoms with Crippen molar-refractivity contribution in [2.75, 3.05) is 5.32 Å². The van der Waals surface area contributed by atoms with Crippen LogP contribution < -0.4 is 5.32 Å². The van der Waals surface area contributed by atoms with Crippen molar-refractivity contribution in [1.82, 2.24) is 14.5 Å². The highest BCUT2D eigenvalue weighted by Crippen LogP contribution is 2.31. The summed E-state index contributed by atoms with van der Waals surface area (Å²) in [5, 5.41) is 3.73. The molecule has 0 saturated heterocycles. The summed E-state index contributed by atoms with van der Waals surface area (Å²) < 4.78 is 2.04. The topological polar surface area (TPSA) is 42.7 Å². The van der Waals surface area contributed by atoms with Crippen LogP contribution in [0.1, 0.15) is 38.9 Å². The number of nitrogens with one attached hydrogen (secondary N) is 1. The van der Waals surface area contributed by atoms with Crippen molar-refractivity contribution in [3.8, 4) is 5.82 Å². The van der Waals surface area contributed by atoms with Gasteiger partial charge in [-0.1, -0.05) is 20.3 Å². The summed E-state index contributed by atoms with van der Waals surface area (Å²) in [6.07, 6.45) is 9.51. The van der Waals surface area contributed by atoms with Crippen molar-refractivity contribution in [1.29, 1.82) is 0 Å². The van der Waals surface area contributed by atoms with Crippen LogP contribution >= 0.6 is 0 Å². The SMILES string of the molecule is Cc1nccn1-c1ncccc1NC1CC(C)CCC1C. The van der Waals surface area contributed by atoms with Gasteiger partial charge < -0.3 is 5.32 Å². The number of hydrogen-bond acceptors (Lipinski definition) is 3. The Kier molecular flexibility index (Phi) is 3.95. The number of pyridine rings is 1. The molecule has 2 heterocycles. The number of aromatic nitrogens is 3. The number of aryl methyl sites for hydroxylation is 1. The zero-order valence-corrected chi connectivity index (χ0v) is 13.1. The lowest BCUT2D eigenvalue weighted by Gasteiger charge is -2.34. The fraction of sp³-hybridized carbons (Fsp3) is 0.529. The van der Waals surface area contributed by atoms with Crippen LogP contribution in [0.5, 0.6) is 0 Å². The van der Waals surface area contributed by atoms with Crippen molar-refractivity contribution in [2.24, 2.45) is 11.8 Å². The number of hydrogen-bond donors (Lipinski definition) is 1. The second-order valence-corrected chi connectivity index (χ2v) is 6.37. The predicted molar refractivity (Wildman–Crippen MR) is 85.7 cm³/mol. The largest absolute Gasteiger partial charge is 0.379 e. The van der Waals surface area contributed by atoms with Gasteiger partial charge in [0, 0.05) is 24.6 Å². The number of anilines is 1. The molecule has 3 rings (SSSR count). The summed E-state index contributed by atoms with van der Waals surface area (Å²) in [6.45, 7) is 6.70. The van der Waals surface area contributed by atoms with Gasteiger partial charge in [-0.15, -0.1) is 0 Å². The Morgan fingerprint density at radius 1 is 1.19 bits per heavy atom. The maximum Gasteiger partial charge on any atom is 0.161 e. The van der Waals surface area contributed by atoms with Gasteiger partial charge in [-0.25, -0.2) is 9.97 Å². The fourth-order valence-electron chi connectivity index (χ4n) is 3.24. The van der Waals surface area contributed by atoms with E-state index in [2.05, 4.69) is 35.2 Å². The minimum atomic E-state index is 0.528. The fourth-order valence-corrected chi connectivity index (χ4v) is 3.24. The monoisotopic (exact) mass is 284 g/mol. The molecule has 3 unspecified atom stereocenters. The van der Waals surface area contributed by atoms with Gasteiger partial charge in [-0.2, -0.15) is 0 Å². The van der Waals surface area contributed by atoms with Gasteiger partial charge in [0.1, 0.15) is 5.82 Å². The van der Waals surface area contributed by atoms with E-state index in [4.69, 9.17) is 0 Å². The average Bonchev–Trinajstić information content (AvgIpc) is 2.90. The van der Waals surface area contributed by atoms with Crippen molar-refractivity contribution < 1.29 is 0 Å². The Hall–Kier alpha value is -1.84. The zero-order chi connectivity index (χ0) is 14.8. The summed E-state index contributed by atoms with van der Waals surface area (Å²) in [5.74, 6) is 3.41. The Bertz CT molecular complexity index is 604. The van der Waals surface area contributed by atoms with Crippen molar-refractivity contribution >= 4 is 5.69 Å². The van der Waals surface area contributed by atoms with Crippen molar-refractivity contribution in [3.05, 3.63) is 36.5 Å². The van der Waals surface area contributed by atoms with E-state index in [1.165, 1.54) is 19.3 Å². The van der Waals surface area contributed by atoms with E-state index in [1.54, 1.807) is 0 Å². The zero-order valence-electron chi connectivity index (χ0n) is 13.1. The van der Waals surface area contributed by atoms with E-state index < -0.39 is 0 Å². The summed E-state index contributed by atoms with van der Waals surface area (Å²) in [6, 6.07) is 4.64. The van der Waals surface area contributed by atoms with Crippen LogP contribution in [0, 0.1) is 18.8 Å². The minimum absolute atomic E-state index is 0.528. The maximum atomic E-state index is 4.55. The maximum absolute atomic E-state index is 4.55. The average molecular weight is 284 g/mol. The lowest BCUT2D eigenvalue weighted by atomic mass is 9.80. The highest BCUT2D eigenvalue weighted by atomic mass is 15.1. The van der Waals surface area contributed by atoms with Crippen LogP contribution in [0.15, 0.2) is 30.7 Å². The summed E-state index contributed by atoms with van der Waals surface area (Å²) in [4.78, 5) is 8.86. The lowest BCUT2D eigenvalue weighted by molar-refractivity contribution is 0.280. The molecule has 0 bridgehead atoms. The number of imidazole rings is 1. The highest BCUT2D eigenvalue weighted by molar-refractivity contribution is 5.57. The standard InChI is InChI=1S/C17H24N4/c1-12-6-7-13(2)16(11-12)20-15-5-4-8-19-17(15)21-10-9-18-14(21)3/h4-5,8-10,12-13,16,20H,6-7,11H2,1-3H3. The van der Waals surface area contributed by atoms with Crippen LogP contribution in [0.2, 0.25) is 0 Å². The molecule has 0 amide bonds. The molecule has 0 radical (unpaired) electrons. The predicted octanol–water partition coefficient (Wildman–Crippen LogP) is 3.81. The molecule has 1 aliphatic rings. The third kappa shape index (κ3) is 2.94. The first-order chi connectivity index (χ1) is 10.1. The molecule has 1 aliphatic carbocycles. The molecule has 4 nitrogen and oxygen atoms in total. The molecule has 0 aromatic carbocycles. The van der Waals surface area contributed by atoms with Gasteiger partial charge in [0.2, 0.25) is 0 Å². The lowest BCUT2D eigenvalue weighted by Crippen LogP contribution is -2.33. The van der Waals surface area contributed by atoms with Gasteiger partial charge in [0.05, 0.1) is 5.69 Å². The van der Waals surface area contributed by atoms with Crippen LogP contribution in [-0.4, -0.2) is 20.6 Å². The molecule has 1 saturated carbocycles. The molecule has 21 heavy (non-hydrogen) atoms. The van der Waals surface area contributed by atoms with Gasteiger partial charge in [-0.05, 0) is 43.7 Å². The van der Waals surface area contributed by atoms with Crippen LogP contribution in [0.4, 0.5) is 5.69 Å². The van der Waals surface area contributed by atoms with Crippen molar-refractivity contribution in [2.45, 2.75) is 46.1 Å². The van der Waals surface area contributed by atoms with Crippen LogP contribution in [0.3, 0.4) is 0 Å². The Morgan fingerprint density at radius 2 is 2.05 bits per heavy atom. The third-order valence-electron chi connectivity index (χ3n) is 4.64. The molecule has 112 valence electrons. The van der Waals surface area contributed by atoms with Gasteiger partial charge in [0.15, 0.2) is 5.82 Å². The molecular formula is C17H24N4. The normalized spacial score (nSPS) is 25.8. The van der Waals surface area contributed by atoms with Gasteiger partial charge >= 0.3 is 0 Å². The minimum Gasteiger partial charge on any atom is -0.379 e. The number of rotatable bonds is 3. The Labute approximate surface area is 126 Å². The smallest absolute Gasteiger partial charge is 0.161 e. The summed E-state index contributed by atoms with van der Waals surface area (Å²) >= 11 is 0. The van der Waals surface area contributed by atoms with Crippen molar-refractivity contribution in [3.63, 3.8) is 0 Å². The quantitative estimate of drug-likeness (QED) is 0.932. The second kappa shape index (κ2) is 5.88. The second-order valence-electron chi connectivity index (χ2n) is 6.37. The van der Waals surface area contributed by atoms with Crippen LogP contribution in [0.25, 0.3) is 5.82 Å². The van der Waals surface area contributed by atoms with E-state index in [0.29, 0.717) is 12.0 Å². The molecule has 3 atom stereocenters. The Morgan fingerprint density at radius 3 is 2.81 bits per heavy atom. The van der Waals surface area contributed by atoms with Gasteiger partial charge in [0.25, 0.3) is 0 Å². The van der Waals surface area contributed by atoms with E-state index in [0.717, 1.165) is 23.2 Å². The van der Waals surface area contributed by atoms with Gasteiger partial charge in [-0.3, -0.25) is 4.57 Å². The number of nitrogens with zero attached hydrogens (tertiary/aromatic N) is 3. The summed E-state index contributed by atoms with van der Waals surface area (Å²) in [5.41, 5.74) is 1.10. The summed E-state index contributed by atoms with van der Waals surface area (Å²) in [7, 11) is 0. The van der Waals surface area contributed by atoms with E-state index in [9.17, 15) is 0 Å². The molecule has 1 fully saturated rings. The van der Waals surface area contributed by atoms with E-state index >= 15 is 0 Å².